The van der Waals surface area contributed by atoms with Gasteiger partial charge in [0.25, 0.3) is 0 Å². The first-order valence-electron chi connectivity index (χ1n) is 6.56. The summed E-state index contributed by atoms with van der Waals surface area (Å²) in [6.45, 7) is 2.17. The fraction of sp³-hybridized carbons (Fsp3) is 0.571. The zero-order chi connectivity index (χ0) is 13.8. The van der Waals surface area contributed by atoms with Crippen LogP contribution in [0.15, 0.2) is 18.2 Å². The minimum Gasteiger partial charge on any atom is -0.383 e. The van der Waals surface area contributed by atoms with Crippen LogP contribution in [0.5, 0.6) is 0 Å². The summed E-state index contributed by atoms with van der Waals surface area (Å²) in [5.74, 6) is -1.11. The maximum Gasteiger partial charge on any atom is 0.126 e. The van der Waals surface area contributed by atoms with Crippen LogP contribution in [0.25, 0.3) is 0 Å². The SMILES string of the molecule is COCCN1CCCC(N)C1c1cc(F)cc(F)c1. The molecule has 3 nitrogen and oxygen atoms in total. The number of halogens is 2. The molecule has 1 aromatic rings. The van der Waals surface area contributed by atoms with Crippen molar-refractivity contribution < 1.29 is 13.5 Å². The number of hydrogen-bond acceptors (Lipinski definition) is 3. The van der Waals surface area contributed by atoms with Gasteiger partial charge in [0.1, 0.15) is 11.6 Å². The fourth-order valence-corrected chi connectivity index (χ4v) is 2.76. The van der Waals surface area contributed by atoms with E-state index in [0.717, 1.165) is 25.5 Å². The van der Waals surface area contributed by atoms with Crippen LogP contribution in [-0.4, -0.2) is 37.7 Å². The number of rotatable bonds is 4. The molecule has 1 aromatic carbocycles. The van der Waals surface area contributed by atoms with Crippen molar-refractivity contribution in [2.45, 2.75) is 24.9 Å². The Bertz CT molecular complexity index is 408. The van der Waals surface area contributed by atoms with Gasteiger partial charge in [-0.1, -0.05) is 0 Å². The lowest BCUT2D eigenvalue weighted by Crippen LogP contribution is -2.47. The molecule has 0 amide bonds. The molecule has 0 spiro atoms. The molecule has 5 heteroatoms. The van der Waals surface area contributed by atoms with Crippen molar-refractivity contribution in [1.29, 1.82) is 0 Å². The monoisotopic (exact) mass is 270 g/mol. The molecule has 106 valence electrons. The van der Waals surface area contributed by atoms with Crippen LogP contribution in [0.2, 0.25) is 0 Å². The molecular weight excluding hydrogens is 250 g/mol. The number of nitrogens with zero attached hydrogens (tertiary/aromatic N) is 1. The lowest BCUT2D eigenvalue weighted by atomic mass is 9.91. The summed E-state index contributed by atoms with van der Waals surface area (Å²) in [6, 6.07) is 3.38. The first-order valence-corrected chi connectivity index (χ1v) is 6.56. The van der Waals surface area contributed by atoms with Gasteiger partial charge in [-0.15, -0.1) is 0 Å². The molecular formula is C14H20F2N2O. The molecule has 1 aliphatic heterocycles. The van der Waals surface area contributed by atoms with E-state index in [2.05, 4.69) is 4.90 Å². The third-order valence-corrected chi connectivity index (χ3v) is 3.59. The molecule has 2 unspecified atom stereocenters. The van der Waals surface area contributed by atoms with Gasteiger partial charge in [0.15, 0.2) is 0 Å². The highest BCUT2D eigenvalue weighted by molar-refractivity contribution is 5.23. The molecule has 1 aliphatic rings. The van der Waals surface area contributed by atoms with Crippen molar-refractivity contribution >= 4 is 0 Å². The zero-order valence-electron chi connectivity index (χ0n) is 11.1. The van der Waals surface area contributed by atoms with Crippen LogP contribution in [0.4, 0.5) is 8.78 Å². The smallest absolute Gasteiger partial charge is 0.126 e. The molecule has 2 atom stereocenters. The van der Waals surface area contributed by atoms with E-state index >= 15 is 0 Å². The summed E-state index contributed by atoms with van der Waals surface area (Å²) in [4.78, 5) is 2.14. The van der Waals surface area contributed by atoms with E-state index in [1.54, 1.807) is 7.11 Å². The van der Waals surface area contributed by atoms with Crippen LogP contribution < -0.4 is 5.73 Å². The van der Waals surface area contributed by atoms with Gasteiger partial charge in [-0.05, 0) is 37.1 Å². The zero-order valence-corrected chi connectivity index (χ0v) is 11.1. The molecule has 1 fully saturated rings. The standard InChI is InChI=1S/C14H20F2N2O/c1-19-6-5-18-4-2-3-13(17)14(18)10-7-11(15)9-12(16)8-10/h7-9,13-14H,2-6,17H2,1H3. The molecule has 0 aliphatic carbocycles. The maximum absolute atomic E-state index is 13.4. The van der Waals surface area contributed by atoms with E-state index in [1.165, 1.54) is 12.1 Å². The average Bonchev–Trinajstić information content (AvgIpc) is 2.35. The van der Waals surface area contributed by atoms with Crippen molar-refractivity contribution in [2.75, 3.05) is 26.8 Å². The van der Waals surface area contributed by atoms with Crippen LogP contribution in [0.1, 0.15) is 24.4 Å². The number of hydrogen-bond donors (Lipinski definition) is 1. The Morgan fingerprint density at radius 1 is 1.32 bits per heavy atom. The summed E-state index contributed by atoms with van der Waals surface area (Å²) in [5, 5.41) is 0. The Hall–Kier alpha value is -1.04. The van der Waals surface area contributed by atoms with Gasteiger partial charge >= 0.3 is 0 Å². The van der Waals surface area contributed by atoms with Gasteiger partial charge in [-0.3, -0.25) is 4.90 Å². The van der Waals surface area contributed by atoms with Gasteiger partial charge < -0.3 is 10.5 Å². The molecule has 0 bridgehead atoms. The predicted octanol–water partition coefficient (Wildman–Crippen LogP) is 2.08. The summed E-state index contributed by atoms with van der Waals surface area (Å²) < 4.78 is 31.8. The van der Waals surface area contributed by atoms with Gasteiger partial charge in [0.05, 0.1) is 12.6 Å². The maximum atomic E-state index is 13.4. The highest BCUT2D eigenvalue weighted by atomic mass is 19.1. The topological polar surface area (TPSA) is 38.5 Å². The van der Waals surface area contributed by atoms with E-state index in [1.807, 2.05) is 0 Å². The second kappa shape index (κ2) is 6.41. The Morgan fingerprint density at radius 2 is 2.00 bits per heavy atom. The van der Waals surface area contributed by atoms with Crippen LogP contribution >= 0.6 is 0 Å². The Kier molecular flexibility index (Phi) is 4.85. The second-order valence-corrected chi connectivity index (χ2v) is 4.98. The molecule has 0 aromatic heterocycles. The molecule has 19 heavy (non-hydrogen) atoms. The molecule has 2 N–H and O–H groups in total. The molecule has 1 saturated heterocycles. The first kappa shape index (κ1) is 14.4. The lowest BCUT2D eigenvalue weighted by Gasteiger charge is -2.40. The third-order valence-electron chi connectivity index (χ3n) is 3.59. The average molecular weight is 270 g/mol. The second-order valence-electron chi connectivity index (χ2n) is 4.98. The van der Waals surface area contributed by atoms with E-state index in [-0.39, 0.29) is 12.1 Å². The third kappa shape index (κ3) is 3.49. The first-order chi connectivity index (χ1) is 9.11. The molecule has 0 saturated carbocycles. The number of methoxy groups -OCH3 is 1. The summed E-state index contributed by atoms with van der Waals surface area (Å²) in [5.41, 5.74) is 6.76. The number of ether oxygens (including phenoxy) is 1. The van der Waals surface area contributed by atoms with Crippen molar-refractivity contribution in [3.8, 4) is 0 Å². The van der Waals surface area contributed by atoms with Gasteiger partial charge in [-0.2, -0.15) is 0 Å². The Labute approximate surface area is 112 Å². The van der Waals surface area contributed by atoms with E-state index in [0.29, 0.717) is 18.7 Å². The van der Waals surface area contributed by atoms with Crippen LogP contribution in [-0.2, 0) is 4.74 Å². The Balaban J connectivity index is 2.25. The van der Waals surface area contributed by atoms with E-state index < -0.39 is 11.6 Å². The molecule has 1 heterocycles. The van der Waals surface area contributed by atoms with Crippen molar-refractivity contribution in [3.05, 3.63) is 35.4 Å². The van der Waals surface area contributed by atoms with E-state index in [4.69, 9.17) is 10.5 Å². The van der Waals surface area contributed by atoms with Crippen molar-refractivity contribution in [3.63, 3.8) is 0 Å². The minimum atomic E-state index is -0.556. The molecule has 0 radical (unpaired) electrons. The quantitative estimate of drug-likeness (QED) is 0.910. The molecule has 2 rings (SSSR count). The van der Waals surface area contributed by atoms with Crippen LogP contribution in [0, 0.1) is 11.6 Å². The Morgan fingerprint density at radius 3 is 2.63 bits per heavy atom. The van der Waals surface area contributed by atoms with Crippen LogP contribution in [0.3, 0.4) is 0 Å². The normalized spacial score (nSPS) is 24.6. The van der Waals surface area contributed by atoms with Crippen molar-refractivity contribution in [2.24, 2.45) is 5.73 Å². The minimum absolute atomic E-state index is 0.105. The highest BCUT2D eigenvalue weighted by Crippen LogP contribution is 2.30. The predicted molar refractivity (Wildman–Crippen MR) is 69.8 cm³/mol. The fourth-order valence-electron chi connectivity index (χ4n) is 2.76. The number of benzene rings is 1. The van der Waals surface area contributed by atoms with Crippen molar-refractivity contribution in [1.82, 2.24) is 4.90 Å². The van der Waals surface area contributed by atoms with Gasteiger partial charge in [-0.25, -0.2) is 8.78 Å². The summed E-state index contributed by atoms with van der Waals surface area (Å²) in [7, 11) is 1.64. The van der Waals surface area contributed by atoms with E-state index in [9.17, 15) is 8.78 Å². The largest absolute Gasteiger partial charge is 0.383 e. The summed E-state index contributed by atoms with van der Waals surface area (Å²) in [6.07, 6.45) is 1.87. The van der Waals surface area contributed by atoms with Gasteiger partial charge in [0.2, 0.25) is 0 Å². The number of piperidine rings is 1. The number of likely N-dealkylation sites (tertiary alicyclic amines) is 1. The highest BCUT2D eigenvalue weighted by Gasteiger charge is 2.30. The summed E-state index contributed by atoms with van der Waals surface area (Å²) >= 11 is 0. The lowest BCUT2D eigenvalue weighted by molar-refractivity contribution is 0.0845. The van der Waals surface area contributed by atoms with Gasteiger partial charge in [0, 0.05) is 25.8 Å². The number of nitrogens with two attached hydrogens (primary N) is 1.